The Kier molecular flexibility index (Phi) is 8.45. The Morgan fingerprint density at radius 2 is 1.54 bits per heavy atom. The van der Waals surface area contributed by atoms with Crippen LogP contribution in [0.4, 0.5) is 0 Å². The molecule has 0 aromatic heterocycles. The molecule has 1 aliphatic rings. The van der Waals surface area contributed by atoms with Gasteiger partial charge in [-0.3, -0.25) is 4.79 Å². The average molecular weight is 528 g/mol. The van der Waals surface area contributed by atoms with Crippen LogP contribution in [-0.4, -0.2) is 58.3 Å². The molecule has 1 atom stereocenters. The number of hydrogen-bond donors (Lipinski definition) is 2. The van der Waals surface area contributed by atoms with Crippen molar-refractivity contribution in [2.75, 3.05) is 26.9 Å². The Balaban J connectivity index is 1.49. The molecule has 9 nitrogen and oxygen atoms in total. The third-order valence-corrected chi connectivity index (χ3v) is 7.41. The summed E-state index contributed by atoms with van der Waals surface area (Å²) in [4.78, 5) is 12.0. The summed E-state index contributed by atoms with van der Waals surface area (Å²) in [7, 11) is -2.58. The lowest BCUT2D eigenvalue weighted by Crippen LogP contribution is -2.53. The minimum Gasteiger partial charge on any atom is -0.497 e. The van der Waals surface area contributed by atoms with Gasteiger partial charge in [0.25, 0.3) is 0 Å². The van der Waals surface area contributed by atoms with Crippen LogP contribution in [-0.2, 0) is 24.3 Å². The predicted octanol–water partition coefficient (Wildman–Crippen LogP) is 3.70. The molecule has 10 heteroatoms. The monoisotopic (exact) mass is 527 g/mol. The maximum Gasteiger partial charge on any atom is 0.321 e. The molecule has 37 heavy (non-hydrogen) atoms. The normalized spacial score (nSPS) is 16.0. The number of para-hydroxylation sites is 1. The molecular weight excluding hydrogens is 498 g/mol. The van der Waals surface area contributed by atoms with Crippen molar-refractivity contribution >= 4 is 16.0 Å². The van der Waals surface area contributed by atoms with Gasteiger partial charge in [0.2, 0.25) is 15.8 Å². The molecule has 4 rings (SSSR count). The van der Waals surface area contributed by atoms with Gasteiger partial charge >= 0.3 is 5.97 Å². The van der Waals surface area contributed by atoms with E-state index in [-0.39, 0.29) is 17.9 Å². The first-order valence-corrected chi connectivity index (χ1v) is 13.2. The van der Waals surface area contributed by atoms with Gasteiger partial charge < -0.3 is 24.1 Å². The lowest BCUT2D eigenvalue weighted by molar-refractivity contribution is -0.283. The molecule has 2 N–H and O–H groups in total. The van der Waals surface area contributed by atoms with Crippen molar-refractivity contribution in [2.24, 2.45) is 0 Å². The molecule has 0 aliphatic carbocycles. The lowest BCUT2D eigenvalue weighted by atomic mass is 10.1. The van der Waals surface area contributed by atoms with Gasteiger partial charge in [0.05, 0.1) is 25.2 Å². The zero-order valence-corrected chi connectivity index (χ0v) is 21.1. The zero-order valence-electron chi connectivity index (χ0n) is 20.3. The third-order valence-electron chi connectivity index (χ3n) is 5.92. The number of aliphatic carboxylic acids is 1. The van der Waals surface area contributed by atoms with Gasteiger partial charge in [0.15, 0.2) is 0 Å². The number of carboxylic acid groups (broad SMARTS) is 1. The molecule has 1 fully saturated rings. The minimum absolute atomic E-state index is 0.0592. The van der Waals surface area contributed by atoms with Crippen molar-refractivity contribution < 1.29 is 37.3 Å². The smallest absolute Gasteiger partial charge is 0.321 e. The Morgan fingerprint density at radius 1 is 0.946 bits per heavy atom. The minimum atomic E-state index is -4.16. The second-order valence-electron chi connectivity index (χ2n) is 8.53. The zero-order chi connectivity index (χ0) is 26.3. The largest absolute Gasteiger partial charge is 0.497 e. The van der Waals surface area contributed by atoms with Gasteiger partial charge in [-0.1, -0.05) is 42.5 Å². The maximum atomic E-state index is 13.1. The quantitative estimate of drug-likeness (QED) is 0.387. The molecule has 0 amide bonds. The molecule has 1 unspecified atom stereocenters. The summed E-state index contributed by atoms with van der Waals surface area (Å²) in [6.07, 6.45) is 0.357. The maximum absolute atomic E-state index is 13.1. The summed E-state index contributed by atoms with van der Waals surface area (Å²) in [6, 6.07) is 21.0. The molecule has 3 aromatic carbocycles. The fourth-order valence-corrected chi connectivity index (χ4v) is 5.13. The number of carbonyl (C=O) groups is 1. The van der Waals surface area contributed by atoms with Crippen LogP contribution in [0.25, 0.3) is 11.1 Å². The van der Waals surface area contributed by atoms with Crippen molar-refractivity contribution in [3.8, 4) is 22.6 Å². The Morgan fingerprint density at radius 3 is 2.11 bits per heavy atom. The highest BCUT2D eigenvalue weighted by molar-refractivity contribution is 7.89. The number of ether oxygens (including phenoxy) is 4. The Hall–Kier alpha value is -3.44. The number of carboxylic acids is 1. The number of rotatable bonds is 11. The first kappa shape index (κ1) is 26.6. The van der Waals surface area contributed by atoms with Crippen LogP contribution in [0.2, 0.25) is 0 Å². The molecular formula is C27H29NO8S. The number of hydrogen-bond acceptors (Lipinski definition) is 7. The van der Waals surface area contributed by atoms with E-state index in [4.69, 9.17) is 18.9 Å². The van der Waals surface area contributed by atoms with Gasteiger partial charge in [0, 0.05) is 6.42 Å². The first-order chi connectivity index (χ1) is 17.8. The standard InChI is InChI=1S/C27H29NO8S/c1-33-22-12-8-20(9-13-22)21-10-14-24(15-11-21)37(31,32)28-25(26(29)30)18-27(35-16-5-17-36-27)19-34-23-6-3-2-4-7-23/h2-4,6-15,25,28H,5,16-19H2,1H3,(H,29,30). The molecule has 1 aliphatic heterocycles. The molecule has 1 heterocycles. The van der Waals surface area contributed by atoms with E-state index in [9.17, 15) is 18.3 Å². The highest BCUT2D eigenvalue weighted by Crippen LogP contribution is 2.28. The van der Waals surface area contributed by atoms with Gasteiger partial charge in [-0.05, 0) is 53.9 Å². The van der Waals surface area contributed by atoms with E-state index in [1.807, 2.05) is 30.3 Å². The number of nitrogens with one attached hydrogen (secondary N) is 1. The molecule has 3 aromatic rings. The van der Waals surface area contributed by atoms with E-state index in [0.717, 1.165) is 11.1 Å². The van der Waals surface area contributed by atoms with E-state index in [0.29, 0.717) is 31.1 Å². The fraction of sp³-hybridized carbons (Fsp3) is 0.296. The van der Waals surface area contributed by atoms with Crippen LogP contribution in [0.15, 0.2) is 83.8 Å². The SMILES string of the molecule is COc1ccc(-c2ccc(S(=O)(=O)NC(CC3(COc4ccccc4)OCCCO3)C(=O)O)cc2)cc1. The van der Waals surface area contributed by atoms with E-state index < -0.39 is 27.8 Å². The topological polar surface area (TPSA) is 120 Å². The van der Waals surface area contributed by atoms with Crippen molar-refractivity contribution in [1.29, 1.82) is 0 Å². The average Bonchev–Trinajstić information content (AvgIpc) is 2.93. The van der Waals surface area contributed by atoms with Gasteiger partial charge in [-0.15, -0.1) is 0 Å². The van der Waals surface area contributed by atoms with Crippen LogP contribution >= 0.6 is 0 Å². The highest BCUT2D eigenvalue weighted by atomic mass is 32.2. The van der Waals surface area contributed by atoms with E-state index in [1.54, 1.807) is 43.5 Å². The Bertz CT molecular complexity index is 1270. The molecule has 1 saturated heterocycles. The number of methoxy groups -OCH3 is 1. The van der Waals surface area contributed by atoms with Crippen molar-refractivity contribution in [3.63, 3.8) is 0 Å². The van der Waals surface area contributed by atoms with Crippen LogP contribution in [0.1, 0.15) is 12.8 Å². The number of benzene rings is 3. The van der Waals surface area contributed by atoms with Crippen molar-refractivity contribution in [3.05, 3.63) is 78.9 Å². The van der Waals surface area contributed by atoms with Gasteiger partial charge in [-0.2, -0.15) is 4.72 Å². The van der Waals surface area contributed by atoms with Crippen LogP contribution in [0, 0.1) is 0 Å². The predicted molar refractivity (Wildman–Crippen MR) is 136 cm³/mol. The molecule has 196 valence electrons. The molecule has 0 spiro atoms. The summed E-state index contributed by atoms with van der Waals surface area (Å²) >= 11 is 0. The summed E-state index contributed by atoms with van der Waals surface area (Å²) in [5.41, 5.74) is 1.69. The fourth-order valence-electron chi connectivity index (χ4n) is 3.94. The third kappa shape index (κ3) is 6.86. The first-order valence-electron chi connectivity index (χ1n) is 11.8. The van der Waals surface area contributed by atoms with Crippen LogP contribution in [0.3, 0.4) is 0 Å². The second-order valence-corrected chi connectivity index (χ2v) is 10.2. The molecule has 0 radical (unpaired) electrons. The summed E-state index contributed by atoms with van der Waals surface area (Å²) in [5, 5.41) is 9.86. The Labute approximate surface area is 216 Å². The number of sulfonamides is 1. The molecule has 0 bridgehead atoms. The summed E-state index contributed by atoms with van der Waals surface area (Å²) < 4.78 is 51.1. The van der Waals surface area contributed by atoms with Gasteiger partial charge in [-0.25, -0.2) is 8.42 Å². The second kappa shape index (κ2) is 11.7. The lowest BCUT2D eigenvalue weighted by Gasteiger charge is -2.38. The van der Waals surface area contributed by atoms with E-state index >= 15 is 0 Å². The van der Waals surface area contributed by atoms with Crippen molar-refractivity contribution in [2.45, 2.75) is 29.6 Å². The van der Waals surface area contributed by atoms with Crippen LogP contribution < -0.4 is 14.2 Å². The van der Waals surface area contributed by atoms with Gasteiger partial charge in [0.1, 0.15) is 24.1 Å². The van der Waals surface area contributed by atoms with E-state index in [2.05, 4.69) is 4.72 Å². The highest BCUT2D eigenvalue weighted by Gasteiger charge is 2.42. The summed E-state index contributed by atoms with van der Waals surface area (Å²) in [5.74, 6) is -1.50. The molecule has 0 saturated carbocycles. The van der Waals surface area contributed by atoms with Crippen molar-refractivity contribution in [1.82, 2.24) is 4.72 Å². The summed E-state index contributed by atoms with van der Waals surface area (Å²) in [6.45, 7) is 0.577. The van der Waals surface area contributed by atoms with E-state index in [1.165, 1.54) is 12.1 Å². The van der Waals surface area contributed by atoms with Crippen LogP contribution in [0.5, 0.6) is 11.5 Å².